The summed E-state index contributed by atoms with van der Waals surface area (Å²) in [5, 5.41) is 1.36. The predicted molar refractivity (Wildman–Crippen MR) is 70.5 cm³/mol. The lowest BCUT2D eigenvalue weighted by Gasteiger charge is -2.07. The van der Waals surface area contributed by atoms with Crippen LogP contribution < -0.4 is 5.73 Å². The van der Waals surface area contributed by atoms with Crippen molar-refractivity contribution in [2.45, 2.75) is 24.0 Å². The molecule has 2 N–H and O–H groups in total. The van der Waals surface area contributed by atoms with E-state index in [-0.39, 0.29) is 0 Å². The highest BCUT2D eigenvalue weighted by atomic mass is 35.5. The molecule has 0 aliphatic heterocycles. The van der Waals surface area contributed by atoms with Gasteiger partial charge in [0.1, 0.15) is 0 Å². The number of benzene rings is 1. The van der Waals surface area contributed by atoms with Gasteiger partial charge in [-0.05, 0) is 17.7 Å². The maximum Gasteiger partial charge on any atom is 0.0547 e. The molecule has 1 nitrogen and oxygen atoms in total. The highest BCUT2D eigenvalue weighted by Gasteiger charge is 2.03. The summed E-state index contributed by atoms with van der Waals surface area (Å²) in [5.74, 6) is 0. The maximum atomic E-state index is 6.17. The minimum Gasteiger partial charge on any atom is -0.327 e. The molecule has 0 fully saturated rings. The Balaban J connectivity index is 2.83. The lowest BCUT2D eigenvalue weighted by atomic mass is 10.2. The third-order valence-corrected chi connectivity index (χ3v) is 3.27. The van der Waals surface area contributed by atoms with E-state index in [4.69, 9.17) is 17.3 Å². The van der Waals surface area contributed by atoms with Crippen molar-refractivity contribution in [3.63, 3.8) is 0 Å². The fourth-order valence-electron chi connectivity index (χ4n) is 1.17. The first-order valence-corrected chi connectivity index (χ1v) is 6.22. The molecule has 0 heterocycles. The SMILES string of the molecule is CC(C)Sc1ccc(/C=C/CN)cc1Cl. The van der Waals surface area contributed by atoms with Gasteiger partial charge in [-0.2, -0.15) is 0 Å². The molecule has 1 aromatic rings. The number of hydrogen-bond acceptors (Lipinski definition) is 2. The van der Waals surface area contributed by atoms with Gasteiger partial charge in [0.25, 0.3) is 0 Å². The normalized spacial score (nSPS) is 11.5. The summed E-state index contributed by atoms with van der Waals surface area (Å²) >= 11 is 7.94. The van der Waals surface area contributed by atoms with Crippen molar-refractivity contribution in [3.05, 3.63) is 34.9 Å². The van der Waals surface area contributed by atoms with E-state index in [1.54, 1.807) is 11.8 Å². The summed E-state index contributed by atoms with van der Waals surface area (Å²) in [4.78, 5) is 1.14. The van der Waals surface area contributed by atoms with Crippen LogP contribution in [-0.2, 0) is 0 Å². The van der Waals surface area contributed by atoms with E-state index < -0.39 is 0 Å². The third-order valence-electron chi connectivity index (χ3n) is 1.76. The molecule has 0 radical (unpaired) electrons. The van der Waals surface area contributed by atoms with E-state index >= 15 is 0 Å². The molecule has 0 bridgehead atoms. The largest absolute Gasteiger partial charge is 0.327 e. The highest BCUT2D eigenvalue weighted by molar-refractivity contribution is 8.00. The average molecular weight is 242 g/mol. The van der Waals surface area contributed by atoms with Gasteiger partial charge in [-0.1, -0.05) is 43.7 Å². The summed E-state index contributed by atoms with van der Waals surface area (Å²) in [6.07, 6.45) is 3.90. The molecular formula is C12H16ClNS. The number of thioether (sulfide) groups is 1. The molecule has 1 aromatic carbocycles. The van der Waals surface area contributed by atoms with Gasteiger partial charge in [0.15, 0.2) is 0 Å². The van der Waals surface area contributed by atoms with Gasteiger partial charge in [-0.25, -0.2) is 0 Å². The molecule has 0 aliphatic carbocycles. The second-order valence-corrected chi connectivity index (χ2v) is 5.52. The van der Waals surface area contributed by atoms with Crippen molar-refractivity contribution >= 4 is 29.4 Å². The zero-order valence-electron chi connectivity index (χ0n) is 9.03. The maximum absolute atomic E-state index is 6.17. The smallest absolute Gasteiger partial charge is 0.0547 e. The lowest BCUT2D eigenvalue weighted by Crippen LogP contribution is -1.92. The Morgan fingerprint density at radius 1 is 1.47 bits per heavy atom. The van der Waals surface area contributed by atoms with Gasteiger partial charge < -0.3 is 5.73 Å². The quantitative estimate of drug-likeness (QED) is 0.812. The van der Waals surface area contributed by atoms with Crippen LogP contribution in [0.15, 0.2) is 29.2 Å². The van der Waals surface area contributed by atoms with E-state index in [9.17, 15) is 0 Å². The standard InChI is InChI=1S/C12H16ClNS/c1-9(2)15-12-6-5-10(4-3-7-14)8-11(12)13/h3-6,8-9H,7,14H2,1-2H3/b4-3+. The van der Waals surface area contributed by atoms with Gasteiger partial charge in [-0.15, -0.1) is 11.8 Å². The zero-order valence-corrected chi connectivity index (χ0v) is 10.6. The summed E-state index contributed by atoms with van der Waals surface area (Å²) in [5.41, 5.74) is 6.48. The van der Waals surface area contributed by atoms with E-state index in [0.29, 0.717) is 11.8 Å². The van der Waals surface area contributed by atoms with Crippen LogP contribution in [0, 0.1) is 0 Å². The molecule has 0 saturated carbocycles. The van der Waals surface area contributed by atoms with Gasteiger partial charge in [0.2, 0.25) is 0 Å². The molecular weight excluding hydrogens is 226 g/mol. The first-order valence-electron chi connectivity index (χ1n) is 4.96. The van der Waals surface area contributed by atoms with Gasteiger partial charge in [0, 0.05) is 16.7 Å². The van der Waals surface area contributed by atoms with Gasteiger partial charge >= 0.3 is 0 Å². The second kappa shape index (κ2) is 6.21. The summed E-state index contributed by atoms with van der Waals surface area (Å²) in [7, 11) is 0. The molecule has 0 amide bonds. The average Bonchev–Trinajstić information content (AvgIpc) is 2.18. The molecule has 0 unspecified atom stereocenters. The molecule has 0 aliphatic rings. The molecule has 0 atom stereocenters. The monoisotopic (exact) mass is 241 g/mol. The van der Waals surface area contributed by atoms with E-state index in [0.717, 1.165) is 15.5 Å². The number of rotatable bonds is 4. The number of hydrogen-bond donors (Lipinski definition) is 1. The Morgan fingerprint density at radius 3 is 2.73 bits per heavy atom. The Bertz CT molecular complexity index is 347. The fourth-order valence-corrected chi connectivity index (χ4v) is 2.32. The molecule has 0 aromatic heterocycles. The molecule has 3 heteroatoms. The van der Waals surface area contributed by atoms with Crippen molar-refractivity contribution < 1.29 is 0 Å². The van der Waals surface area contributed by atoms with E-state index in [1.807, 2.05) is 18.2 Å². The van der Waals surface area contributed by atoms with Crippen LogP contribution in [0.5, 0.6) is 0 Å². The fraction of sp³-hybridized carbons (Fsp3) is 0.333. The topological polar surface area (TPSA) is 26.0 Å². The minimum atomic E-state index is 0.549. The van der Waals surface area contributed by atoms with Crippen molar-refractivity contribution in [3.8, 4) is 0 Å². The number of nitrogens with two attached hydrogens (primary N) is 1. The van der Waals surface area contributed by atoms with Gasteiger partial charge in [0.05, 0.1) is 5.02 Å². The Hall–Kier alpha value is -0.440. The van der Waals surface area contributed by atoms with Crippen molar-refractivity contribution in [1.29, 1.82) is 0 Å². The van der Waals surface area contributed by atoms with Crippen LogP contribution in [-0.4, -0.2) is 11.8 Å². The van der Waals surface area contributed by atoms with Crippen molar-refractivity contribution in [2.75, 3.05) is 6.54 Å². The first kappa shape index (κ1) is 12.6. The molecule has 1 rings (SSSR count). The lowest BCUT2D eigenvalue weighted by molar-refractivity contribution is 1.11. The van der Waals surface area contributed by atoms with Crippen LogP contribution in [0.3, 0.4) is 0 Å². The van der Waals surface area contributed by atoms with Crippen LogP contribution in [0.25, 0.3) is 6.08 Å². The second-order valence-electron chi connectivity index (χ2n) is 3.49. The Morgan fingerprint density at radius 2 is 2.20 bits per heavy atom. The zero-order chi connectivity index (χ0) is 11.3. The highest BCUT2D eigenvalue weighted by Crippen LogP contribution is 2.31. The summed E-state index contributed by atoms with van der Waals surface area (Å²) in [6.45, 7) is 4.87. The molecule has 15 heavy (non-hydrogen) atoms. The van der Waals surface area contributed by atoms with Crippen LogP contribution in [0.2, 0.25) is 5.02 Å². The minimum absolute atomic E-state index is 0.549. The summed E-state index contributed by atoms with van der Waals surface area (Å²) < 4.78 is 0. The van der Waals surface area contributed by atoms with Crippen molar-refractivity contribution in [1.82, 2.24) is 0 Å². The predicted octanol–water partition coefficient (Wildman–Crippen LogP) is 3.81. The number of halogens is 1. The molecule has 0 spiro atoms. The van der Waals surface area contributed by atoms with Crippen LogP contribution >= 0.6 is 23.4 Å². The van der Waals surface area contributed by atoms with Gasteiger partial charge in [-0.3, -0.25) is 0 Å². The van der Waals surface area contributed by atoms with Crippen molar-refractivity contribution in [2.24, 2.45) is 5.73 Å². The van der Waals surface area contributed by atoms with Crippen LogP contribution in [0.4, 0.5) is 0 Å². The molecule has 82 valence electrons. The summed E-state index contributed by atoms with van der Waals surface area (Å²) in [6, 6.07) is 6.09. The van der Waals surface area contributed by atoms with E-state index in [2.05, 4.69) is 26.0 Å². The Labute approximate surface area is 101 Å². The first-order chi connectivity index (χ1) is 7.13. The Kier molecular flexibility index (Phi) is 5.23. The van der Waals surface area contributed by atoms with Crippen LogP contribution in [0.1, 0.15) is 19.4 Å². The third kappa shape index (κ3) is 4.29. The molecule has 0 saturated heterocycles. The van der Waals surface area contributed by atoms with E-state index in [1.165, 1.54) is 0 Å².